The van der Waals surface area contributed by atoms with Crippen LogP contribution >= 0.6 is 11.6 Å². The summed E-state index contributed by atoms with van der Waals surface area (Å²) in [6.07, 6.45) is 8.70. The van der Waals surface area contributed by atoms with E-state index in [4.69, 9.17) is 18.0 Å². The molecule has 7 nitrogen and oxygen atoms in total. The second kappa shape index (κ2) is 10.4. The molecule has 40 heavy (non-hydrogen) atoms. The number of nitrogens with one attached hydrogen (secondary N) is 4. The third-order valence-electron chi connectivity index (χ3n) is 6.97. The van der Waals surface area contributed by atoms with E-state index in [0.29, 0.717) is 45.3 Å². The fourth-order valence-corrected chi connectivity index (χ4v) is 5.11. The Bertz CT molecular complexity index is 1520. The van der Waals surface area contributed by atoms with E-state index in [-0.39, 0.29) is 24.3 Å². The van der Waals surface area contributed by atoms with E-state index in [1.165, 1.54) is 6.07 Å². The number of hydrogen-bond acceptors (Lipinski definition) is 7. The summed E-state index contributed by atoms with van der Waals surface area (Å²) in [5.41, 5.74) is 10.5. The molecular weight excluding hydrogens is 539 g/mol. The van der Waals surface area contributed by atoms with Crippen molar-refractivity contribution in [2.75, 3.05) is 17.2 Å². The third-order valence-corrected chi connectivity index (χ3v) is 7.26. The van der Waals surface area contributed by atoms with Crippen LogP contribution in [0, 0.1) is 30.6 Å². The lowest BCUT2D eigenvalue weighted by Gasteiger charge is -2.39. The number of halogens is 4. The van der Waals surface area contributed by atoms with Gasteiger partial charge in [-0.3, -0.25) is 9.99 Å². The van der Waals surface area contributed by atoms with Gasteiger partial charge < -0.3 is 16.1 Å². The van der Waals surface area contributed by atoms with E-state index < -0.39 is 17.9 Å². The molecule has 4 N–H and O–H groups in total. The first kappa shape index (κ1) is 27.9. The van der Waals surface area contributed by atoms with Crippen LogP contribution in [0.25, 0.3) is 10.9 Å². The van der Waals surface area contributed by atoms with Crippen molar-refractivity contribution in [3.05, 3.63) is 70.2 Å². The van der Waals surface area contributed by atoms with E-state index in [1.807, 2.05) is 6.07 Å². The topological polar surface area (TPSA) is 77.1 Å². The molecule has 1 fully saturated rings. The predicted octanol–water partition coefficient (Wildman–Crippen LogP) is 6.29. The number of pyridine rings is 2. The van der Waals surface area contributed by atoms with Crippen molar-refractivity contribution in [3.8, 4) is 12.3 Å². The Labute approximate surface area is 236 Å². The van der Waals surface area contributed by atoms with Gasteiger partial charge in [-0.25, -0.2) is 13.8 Å². The van der Waals surface area contributed by atoms with E-state index in [1.54, 1.807) is 36.5 Å². The van der Waals surface area contributed by atoms with Crippen molar-refractivity contribution in [2.24, 2.45) is 5.41 Å². The molecule has 0 radical (unpaired) electrons. The molecule has 2 aliphatic rings. The van der Waals surface area contributed by atoms with Crippen molar-refractivity contribution in [1.82, 2.24) is 25.9 Å². The minimum Gasteiger partial charge on any atom is -0.383 e. The smallest absolute Gasteiger partial charge is 0.252 e. The van der Waals surface area contributed by atoms with Crippen LogP contribution in [0.3, 0.4) is 0 Å². The lowest BCUT2D eigenvalue weighted by molar-refractivity contribution is -0.123. The summed E-state index contributed by atoms with van der Waals surface area (Å²) < 4.78 is 41.0. The quantitative estimate of drug-likeness (QED) is 0.197. The van der Waals surface area contributed by atoms with Gasteiger partial charge in [0.15, 0.2) is 0 Å². The van der Waals surface area contributed by atoms with Crippen molar-refractivity contribution >= 4 is 33.9 Å². The maximum atomic E-state index is 13.9. The van der Waals surface area contributed by atoms with Crippen LogP contribution in [0.2, 0.25) is 5.02 Å². The Hall–Kier alpha value is -3.68. The SMILES string of the molecule is C#Cc1cnc2c(Cl)cc(N[C@H](C3=CN(C4CC(F)(F)C4)NN3)c3ccc(F)nc3C)cc2c1NCC(C)(C)C. The molecule has 3 heterocycles. The number of nitrogens with zero attached hydrogens (tertiary/aromatic N) is 3. The summed E-state index contributed by atoms with van der Waals surface area (Å²) >= 11 is 6.71. The van der Waals surface area contributed by atoms with Crippen LogP contribution in [0.5, 0.6) is 0 Å². The Morgan fingerprint density at radius 2 is 2.02 bits per heavy atom. The summed E-state index contributed by atoms with van der Waals surface area (Å²) in [6.45, 7) is 8.73. The van der Waals surface area contributed by atoms with Gasteiger partial charge >= 0.3 is 0 Å². The lowest BCUT2D eigenvalue weighted by Crippen LogP contribution is -2.53. The molecular formula is C29H31ClF3N7. The third kappa shape index (κ3) is 5.76. The summed E-state index contributed by atoms with van der Waals surface area (Å²) in [6, 6.07) is 5.70. The van der Waals surface area contributed by atoms with Crippen LogP contribution in [0.15, 0.2) is 42.4 Å². The number of hydrazine groups is 2. The van der Waals surface area contributed by atoms with Crippen molar-refractivity contribution in [1.29, 1.82) is 0 Å². The molecule has 0 spiro atoms. The van der Waals surface area contributed by atoms with Crippen LogP contribution in [-0.4, -0.2) is 33.5 Å². The number of fused-ring (bicyclic) bond motifs is 1. The molecule has 210 valence electrons. The molecule has 0 amide bonds. The van der Waals surface area contributed by atoms with Gasteiger partial charge in [-0.05, 0) is 30.5 Å². The van der Waals surface area contributed by atoms with Gasteiger partial charge in [0.1, 0.15) is 0 Å². The zero-order valence-electron chi connectivity index (χ0n) is 22.7. The van der Waals surface area contributed by atoms with Gasteiger partial charge in [0.05, 0.1) is 39.6 Å². The number of hydrogen-bond donors (Lipinski definition) is 4. The fourth-order valence-electron chi connectivity index (χ4n) is 4.85. The number of aromatic nitrogens is 2. The largest absolute Gasteiger partial charge is 0.383 e. The standard InChI is InChI=1S/C29H31ClF3N7/c1-6-17-13-34-26-21(25(17)35-15-28(3,4)5)9-18(10-22(26)30)37-27(20-7-8-24(31)36-16(20)2)23-14-40(39-38-23)19-11-29(32,33)12-19/h1,7-10,13-14,19,27,37-39H,11-12,15H2,2-5H3,(H,34,35)/t27-/m0/s1. The predicted molar refractivity (Wildman–Crippen MR) is 152 cm³/mol. The molecule has 3 aromatic rings. The normalized spacial score (nSPS) is 17.6. The van der Waals surface area contributed by atoms with E-state index in [9.17, 15) is 13.2 Å². The molecule has 0 saturated heterocycles. The highest BCUT2D eigenvalue weighted by Crippen LogP contribution is 2.41. The molecule has 1 aromatic carbocycles. The maximum Gasteiger partial charge on any atom is 0.252 e. The summed E-state index contributed by atoms with van der Waals surface area (Å²) in [5, 5.41) is 9.75. The molecule has 11 heteroatoms. The lowest BCUT2D eigenvalue weighted by atomic mass is 9.88. The Balaban J connectivity index is 1.55. The number of rotatable bonds is 7. The zero-order valence-corrected chi connectivity index (χ0v) is 23.4. The monoisotopic (exact) mass is 569 g/mol. The number of terminal acetylenes is 1. The molecule has 2 aromatic heterocycles. The molecule has 0 bridgehead atoms. The molecule has 1 aliphatic carbocycles. The minimum atomic E-state index is -2.66. The average molecular weight is 570 g/mol. The molecule has 1 saturated carbocycles. The van der Waals surface area contributed by atoms with E-state index in [0.717, 1.165) is 11.1 Å². The minimum absolute atomic E-state index is 0.0107. The Morgan fingerprint density at radius 3 is 2.67 bits per heavy atom. The maximum absolute atomic E-state index is 13.9. The highest BCUT2D eigenvalue weighted by molar-refractivity contribution is 6.35. The van der Waals surface area contributed by atoms with Crippen molar-refractivity contribution in [3.63, 3.8) is 0 Å². The highest BCUT2D eigenvalue weighted by Gasteiger charge is 2.48. The van der Waals surface area contributed by atoms with Gasteiger partial charge in [0.2, 0.25) is 5.95 Å². The molecule has 1 atom stereocenters. The van der Waals surface area contributed by atoms with Crippen LogP contribution in [-0.2, 0) is 0 Å². The number of alkyl halides is 2. The molecule has 0 unspecified atom stereocenters. The molecule has 5 rings (SSSR count). The number of anilines is 2. The second-order valence-electron chi connectivity index (χ2n) is 11.5. The number of aryl methyl sites for hydroxylation is 1. The van der Waals surface area contributed by atoms with E-state index in [2.05, 4.69) is 58.3 Å². The van der Waals surface area contributed by atoms with Gasteiger partial charge in [-0.2, -0.15) is 4.39 Å². The number of benzene rings is 1. The summed E-state index contributed by atoms with van der Waals surface area (Å²) in [7, 11) is 0. The van der Waals surface area contributed by atoms with Gasteiger partial charge in [-0.15, -0.1) is 12.0 Å². The first-order valence-corrected chi connectivity index (χ1v) is 13.3. The summed E-state index contributed by atoms with van der Waals surface area (Å²) in [4.78, 5) is 8.49. The summed E-state index contributed by atoms with van der Waals surface area (Å²) in [5.74, 6) is -0.558. The van der Waals surface area contributed by atoms with Crippen molar-refractivity contribution in [2.45, 2.75) is 58.5 Å². The van der Waals surface area contributed by atoms with Crippen molar-refractivity contribution < 1.29 is 13.2 Å². The average Bonchev–Trinajstić information content (AvgIpc) is 3.34. The van der Waals surface area contributed by atoms with Gasteiger partial charge in [-0.1, -0.05) is 44.4 Å². The van der Waals surface area contributed by atoms with Crippen LogP contribution in [0.1, 0.15) is 56.5 Å². The highest BCUT2D eigenvalue weighted by atomic mass is 35.5. The first-order valence-electron chi connectivity index (χ1n) is 13.0. The fraction of sp³-hybridized carbons (Fsp3) is 0.379. The zero-order chi connectivity index (χ0) is 28.8. The Kier molecular flexibility index (Phi) is 7.23. The Morgan fingerprint density at radius 1 is 1.27 bits per heavy atom. The van der Waals surface area contributed by atoms with Crippen LogP contribution in [0.4, 0.5) is 24.5 Å². The van der Waals surface area contributed by atoms with Crippen LogP contribution < -0.4 is 21.6 Å². The van der Waals surface area contributed by atoms with Gasteiger partial charge in [0, 0.05) is 54.1 Å². The second-order valence-corrected chi connectivity index (χ2v) is 11.9. The molecule has 1 aliphatic heterocycles. The first-order chi connectivity index (χ1) is 18.8. The van der Waals surface area contributed by atoms with Gasteiger partial charge in [0.25, 0.3) is 5.92 Å². The van der Waals surface area contributed by atoms with E-state index >= 15 is 0 Å².